The maximum Gasteiger partial charge on any atom is 0.344 e. The lowest BCUT2D eigenvalue weighted by molar-refractivity contribution is -0.112. The highest BCUT2D eigenvalue weighted by molar-refractivity contribution is 6.10. The number of rotatable bonds is 6. The summed E-state index contributed by atoms with van der Waals surface area (Å²) in [5, 5.41) is 14.0. The summed E-state index contributed by atoms with van der Waals surface area (Å²) in [7, 11) is 1.47. The zero-order valence-electron chi connectivity index (χ0n) is 19.2. The molecule has 172 valence electrons. The quantitative estimate of drug-likeness (QED) is 0.166. The van der Waals surface area contributed by atoms with Crippen LogP contribution in [0, 0.1) is 18.3 Å². The summed E-state index contributed by atoms with van der Waals surface area (Å²) < 4.78 is 11.0. The third kappa shape index (κ3) is 5.21. The molecule has 6 nitrogen and oxygen atoms in total. The van der Waals surface area contributed by atoms with E-state index in [9.17, 15) is 14.9 Å². The van der Waals surface area contributed by atoms with Gasteiger partial charge in [-0.25, -0.2) is 4.79 Å². The Kier molecular flexibility index (Phi) is 6.89. The highest BCUT2D eigenvalue weighted by Gasteiger charge is 2.16. The second-order valence-corrected chi connectivity index (χ2v) is 7.77. The van der Waals surface area contributed by atoms with Gasteiger partial charge in [-0.15, -0.1) is 0 Å². The minimum atomic E-state index is -0.543. The fourth-order valence-electron chi connectivity index (χ4n) is 3.64. The number of nitrogens with one attached hydrogen (secondary N) is 1. The molecule has 0 aliphatic rings. The van der Waals surface area contributed by atoms with Gasteiger partial charge in [-0.1, -0.05) is 60.7 Å². The van der Waals surface area contributed by atoms with E-state index in [1.165, 1.54) is 13.2 Å². The van der Waals surface area contributed by atoms with Crippen LogP contribution in [0.25, 0.3) is 16.8 Å². The van der Waals surface area contributed by atoms with Gasteiger partial charge in [0.25, 0.3) is 5.91 Å². The number of carbonyl (C=O) groups is 2. The van der Waals surface area contributed by atoms with E-state index >= 15 is 0 Å². The van der Waals surface area contributed by atoms with Crippen molar-refractivity contribution in [3.8, 4) is 17.6 Å². The molecule has 1 N–H and O–H groups in total. The largest absolute Gasteiger partial charge is 0.493 e. The van der Waals surface area contributed by atoms with Crippen LogP contribution in [-0.2, 0) is 4.79 Å². The van der Waals surface area contributed by atoms with Gasteiger partial charge < -0.3 is 14.8 Å². The number of fused-ring (bicyclic) bond motifs is 1. The third-order valence-corrected chi connectivity index (χ3v) is 5.47. The summed E-state index contributed by atoms with van der Waals surface area (Å²) in [5.41, 5.74) is 2.33. The van der Waals surface area contributed by atoms with Gasteiger partial charge >= 0.3 is 5.97 Å². The van der Waals surface area contributed by atoms with Crippen molar-refractivity contribution in [2.45, 2.75) is 6.92 Å². The van der Waals surface area contributed by atoms with Crippen LogP contribution in [-0.4, -0.2) is 19.0 Å². The molecule has 0 atom stereocenters. The Labute approximate surface area is 203 Å². The van der Waals surface area contributed by atoms with Gasteiger partial charge in [0, 0.05) is 5.69 Å². The molecule has 0 saturated heterocycles. The van der Waals surface area contributed by atoms with E-state index in [1.807, 2.05) is 55.5 Å². The van der Waals surface area contributed by atoms with Crippen LogP contribution >= 0.6 is 0 Å². The number of nitriles is 1. The first-order valence-corrected chi connectivity index (χ1v) is 10.9. The number of methoxy groups -OCH3 is 1. The Morgan fingerprint density at radius 2 is 1.66 bits per heavy atom. The fourth-order valence-corrected chi connectivity index (χ4v) is 3.64. The molecule has 0 bridgehead atoms. The first kappa shape index (κ1) is 23.3. The van der Waals surface area contributed by atoms with Crippen LogP contribution in [0.1, 0.15) is 21.5 Å². The molecule has 0 aromatic heterocycles. The molecule has 1 amide bonds. The van der Waals surface area contributed by atoms with Crippen molar-refractivity contribution < 1.29 is 19.1 Å². The van der Waals surface area contributed by atoms with Crippen molar-refractivity contribution in [2.24, 2.45) is 0 Å². The highest BCUT2D eigenvalue weighted by atomic mass is 16.6. The second-order valence-electron chi connectivity index (χ2n) is 7.77. The Balaban J connectivity index is 1.62. The Morgan fingerprint density at radius 3 is 2.43 bits per heavy atom. The summed E-state index contributed by atoms with van der Waals surface area (Å²) in [6.07, 6.45) is 1.43. The van der Waals surface area contributed by atoms with E-state index in [1.54, 1.807) is 42.5 Å². The zero-order valence-corrected chi connectivity index (χ0v) is 19.2. The predicted octanol–water partition coefficient (Wildman–Crippen LogP) is 5.92. The average Bonchev–Trinajstić information content (AvgIpc) is 2.88. The number of hydrogen-bond acceptors (Lipinski definition) is 5. The first-order chi connectivity index (χ1) is 17.0. The SMILES string of the molecule is COc1ccc(/C=C(\C#N)C(=O)Nc2ccccc2C)cc1OC(=O)c1cccc2ccccc12. The van der Waals surface area contributed by atoms with E-state index in [4.69, 9.17) is 9.47 Å². The summed E-state index contributed by atoms with van der Waals surface area (Å²) in [6.45, 7) is 1.87. The molecule has 0 aliphatic heterocycles. The van der Waals surface area contributed by atoms with Gasteiger partial charge in [0.1, 0.15) is 11.6 Å². The number of anilines is 1. The number of hydrogen-bond donors (Lipinski definition) is 1. The van der Waals surface area contributed by atoms with Crippen molar-refractivity contribution >= 4 is 34.4 Å². The van der Waals surface area contributed by atoms with Gasteiger partial charge in [-0.05, 0) is 59.2 Å². The lowest BCUT2D eigenvalue weighted by Crippen LogP contribution is -2.14. The number of nitrogens with zero attached hydrogens (tertiary/aromatic N) is 1. The number of benzene rings is 4. The van der Waals surface area contributed by atoms with Crippen LogP contribution in [0.4, 0.5) is 5.69 Å². The number of amides is 1. The van der Waals surface area contributed by atoms with Crippen LogP contribution in [0.2, 0.25) is 0 Å². The van der Waals surface area contributed by atoms with Crippen LogP contribution in [0.3, 0.4) is 0 Å². The van der Waals surface area contributed by atoms with Crippen molar-refractivity contribution in [1.82, 2.24) is 0 Å². The van der Waals surface area contributed by atoms with Gasteiger partial charge in [0.05, 0.1) is 12.7 Å². The van der Waals surface area contributed by atoms with Crippen molar-refractivity contribution in [2.75, 3.05) is 12.4 Å². The lowest BCUT2D eigenvalue weighted by atomic mass is 10.0. The van der Waals surface area contributed by atoms with Gasteiger partial charge in [0.15, 0.2) is 11.5 Å². The topological polar surface area (TPSA) is 88.4 Å². The maximum absolute atomic E-state index is 13.0. The highest BCUT2D eigenvalue weighted by Crippen LogP contribution is 2.31. The number of esters is 1. The Morgan fingerprint density at radius 1 is 0.914 bits per heavy atom. The molecule has 0 fully saturated rings. The zero-order chi connectivity index (χ0) is 24.8. The molecule has 0 spiro atoms. The Bertz CT molecular complexity index is 1490. The monoisotopic (exact) mass is 462 g/mol. The summed E-state index contributed by atoms with van der Waals surface area (Å²) in [4.78, 5) is 25.7. The molecule has 4 aromatic rings. The summed E-state index contributed by atoms with van der Waals surface area (Å²) in [5.74, 6) is -0.555. The molecule has 0 saturated carbocycles. The molecule has 35 heavy (non-hydrogen) atoms. The van der Waals surface area contributed by atoms with Gasteiger partial charge in [-0.3, -0.25) is 4.79 Å². The number of para-hydroxylation sites is 1. The second kappa shape index (κ2) is 10.4. The first-order valence-electron chi connectivity index (χ1n) is 10.9. The summed E-state index contributed by atoms with van der Waals surface area (Å²) >= 11 is 0. The molecule has 6 heteroatoms. The predicted molar refractivity (Wildman–Crippen MR) is 135 cm³/mol. The van der Waals surface area contributed by atoms with Crippen LogP contribution in [0.5, 0.6) is 11.5 Å². The minimum absolute atomic E-state index is 0.0928. The van der Waals surface area contributed by atoms with Crippen LogP contribution < -0.4 is 14.8 Å². The molecule has 0 radical (unpaired) electrons. The molecule has 0 heterocycles. The number of ether oxygens (including phenoxy) is 2. The van der Waals surface area contributed by atoms with E-state index in [2.05, 4.69) is 5.32 Å². The normalized spacial score (nSPS) is 10.9. The summed E-state index contributed by atoms with van der Waals surface area (Å²) in [6, 6.07) is 27.0. The average molecular weight is 463 g/mol. The van der Waals surface area contributed by atoms with Gasteiger partial charge in [0.2, 0.25) is 0 Å². The van der Waals surface area contributed by atoms with Gasteiger partial charge in [-0.2, -0.15) is 5.26 Å². The number of aryl methyl sites for hydroxylation is 1. The maximum atomic E-state index is 13.0. The third-order valence-electron chi connectivity index (χ3n) is 5.47. The molecule has 4 rings (SSSR count). The van der Waals surface area contributed by atoms with E-state index in [0.717, 1.165) is 16.3 Å². The standard InChI is InChI=1S/C29H22N2O4/c1-19-8-3-6-13-25(19)31-28(32)22(18-30)16-20-14-15-26(34-2)27(17-20)35-29(33)24-12-7-10-21-9-4-5-11-23(21)24/h3-17H,1-2H3,(H,31,32)/b22-16+. The lowest BCUT2D eigenvalue weighted by Gasteiger charge is -2.12. The molecule has 4 aromatic carbocycles. The minimum Gasteiger partial charge on any atom is -0.493 e. The Hall–Kier alpha value is -4.89. The van der Waals surface area contributed by atoms with E-state index in [0.29, 0.717) is 22.6 Å². The van der Waals surface area contributed by atoms with E-state index < -0.39 is 11.9 Å². The number of carbonyl (C=O) groups excluding carboxylic acids is 2. The van der Waals surface area contributed by atoms with Crippen molar-refractivity contribution in [3.05, 3.63) is 107 Å². The molecular formula is C29H22N2O4. The van der Waals surface area contributed by atoms with Crippen LogP contribution in [0.15, 0.2) is 90.5 Å². The van der Waals surface area contributed by atoms with Crippen molar-refractivity contribution in [3.63, 3.8) is 0 Å². The molecule has 0 aliphatic carbocycles. The smallest absolute Gasteiger partial charge is 0.344 e. The van der Waals surface area contributed by atoms with Crippen molar-refractivity contribution in [1.29, 1.82) is 5.26 Å². The van der Waals surface area contributed by atoms with E-state index in [-0.39, 0.29) is 11.3 Å². The molecular weight excluding hydrogens is 440 g/mol. The fraction of sp³-hybridized carbons (Fsp3) is 0.0690. The molecule has 0 unspecified atom stereocenters.